The van der Waals surface area contributed by atoms with Crippen LogP contribution in [0.3, 0.4) is 0 Å². The van der Waals surface area contributed by atoms with Crippen LogP contribution in [0.15, 0.2) is 62.2 Å². The van der Waals surface area contributed by atoms with Gasteiger partial charge in [0, 0.05) is 17.1 Å². The summed E-state index contributed by atoms with van der Waals surface area (Å²) in [6.07, 6.45) is 0. The highest BCUT2D eigenvalue weighted by Gasteiger charge is 2.18. The molecule has 0 unspecified atom stereocenters. The number of halogens is 1. The summed E-state index contributed by atoms with van der Waals surface area (Å²) in [6.45, 7) is 2.44. The zero-order valence-corrected chi connectivity index (χ0v) is 17.0. The van der Waals surface area contributed by atoms with Gasteiger partial charge in [-0.3, -0.25) is 9.59 Å². The van der Waals surface area contributed by atoms with Gasteiger partial charge in [-0.05, 0) is 44.8 Å². The Morgan fingerprint density at radius 1 is 1.15 bits per heavy atom. The lowest BCUT2D eigenvalue weighted by atomic mass is 10.0. The molecule has 27 heavy (non-hydrogen) atoms. The summed E-state index contributed by atoms with van der Waals surface area (Å²) in [4.78, 5) is 26.9. The number of fused-ring (bicyclic) bond motifs is 1. The van der Waals surface area contributed by atoms with E-state index in [2.05, 4.69) is 33.4 Å². The third-order valence-electron chi connectivity index (χ3n) is 4.45. The molecule has 140 valence electrons. The van der Waals surface area contributed by atoms with Gasteiger partial charge in [0.25, 0.3) is 5.91 Å². The second-order valence-electron chi connectivity index (χ2n) is 6.72. The van der Waals surface area contributed by atoms with Crippen molar-refractivity contribution >= 4 is 32.8 Å². The molecule has 0 bridgehead atoms. The van der Waals surface area contributed by atoms with Crippen LogP contribution in [0, 0.1) is 6.92 Å². The minimum atomic E-state index is -0.407. The number of carbonyl (C=O) groups is 1. The van der Waals surface area contributed by atoms with Crippen LogP contribution in [-0.2, 0) is 0 Å². The van der Waals surface area contributed by atoms with Gasteiger partial charge >= 0.3 is 0 Å². The lowest BCUT2D eigenvalue weighted by Gasteiger charge is -2.25. The molecule has 1 aromatic heterocycles. The largest absolute Gasteiger partial charge is 0.451 e. The molecule has 0 aliphatic heterocycles. The fourth-order valence-corrected chi connectivity index (χ4v) is 3.27. The van der Waals surface area contributed by atoms with Crippen molar-refractivity contribution in [1.82, 2.24) is 10.2 Å². The molecule has 0 saturated carbocycles. The monoisotopic (exact) mass is 428 g/mol. The Kier molecular flexibility index (Phi) is 5.77. The molecule has 3 aromatic rings. The quantitative estimate of drug-likeness (QED) is 0.669. The van der Waals surface area contributed by atoms with Crippen LogP contribution in [-0.4, -0.2) is 31.4 Å². The van der Waals surface area contributed by atoms with Crippen LogP contribution in [0.25, 0.3) is 11.0 Å². The van der Waals surface area contributed by atoms with E-state index in [1.807, 2.05) is 38.1 Å². The van der Waals surface area contributed by atoms with E-state index in [9.17, 15) is 9.59 Å². The van der Waals surface area contributed by atoms with E-state index in [1.54, 1.807) is 18.2 Å². The summed E-state index contributed by atoms with van der Waals surface area (Å²) in [5.41, 5.74) is 2.43. The third kappa shape index (κ3) is 4.46. The van der Waals surface area contributed by atoms with Crippen molar-refractivity contribution in [3.8, 4) is 0 Å². The topological polar surface area (TPSA) is 62.6 Å². The lowest BCUT2D eigenvalue weighted by molar-refractivity contribution is 0.0914. The molecule has 0 aliphatic rings. The summed E-state index contributed by atoms with van der Waals surface area (Å²) < 4.78 is 6.41. The summed E-state index contributed by atoms with van der Waals surface area (Å²) in [6, 6.07) is 14.6. The Bertz CT molecular complexity index is 1030. The van der Waals surface area contributed by atoms with Gasteiger partial charge in [0.15, 0.2) is 11.2 Å². The number of rotatable bonds is 5. The molecule has 2 aromatic carbocycles. The highest BCUT2D eigenvalue weighted by atomic mass is 79.9. The molecular weight excluding hydrogens is 408 g/mol. The Morgan fingerprint density at radius 3 is 2.52 bits per heavy atom. The zero-order chi connectivity index (χ0) is 19.6. The number of aryl methyl sites for hydroxylation is 1. The average molecular weight is 429 g/mol. The number of hydrogen-bond donors (Lipinski definition) is 1. The fraction of sp³-hybridized carbons (Fsp3) is 0.238. The predicted octanol–water partition coefficient (Wildman–Crippen LogP) is 3.90. The number of hydrogen-bond acceptors (Lipinski definition) is 4. The highest BCUT2D eigenvalue weighted by molar-refractivity contribution is 9.10. The minimum Gasteiger partial charge on any atom is -0.451 e. The first-order valence-corrected chi connectivity index (χ1v) is 9.39. The van der Waals surface area contributed by atoms with Gasteiger partial charge in [-0.15, -0.1) is 0 Å². The average Bonchev–Trinajstić information content (AvgIpc) is 2.63. The van der Waals surface area contributed by atoms with E-state index < -0.39 is 5.91 Å². The molecule has 1 heterocycles. The summed E-state index contributed by atoms with van der Waals surface area (Å²) in [5, 5.41) is 3.31. The van der Waals surface area contributed by atoms with E-state index in [-0.39, 0.29) is 17.2 Å². The van der Waals surface area contributed by atoms with E-state index >= 15 is 0 Å². The molecule has 0 fully saturated rings. The second kappa shape index (κ2) is 8.06. The number of likely N-dealkylation sites (N-methyl/N-ethyl adjacent to an activating group) is 1. The smallest absolute Gasteiger partial charge is 0.287 e. The second-order valence-corrected chi connectivity index (χ2v) is 7.63. The van der Waals surface area contributed by atoms with Crippen molar-refractivity contribution in [2.75, 3.05) is 20.6 Å². The first-order chi connectivity index (χ1) is 12.8. The molecule has 0 aliphatic carbocycles. The van der Waals surface area contributed by atoms with Gasteiger partial charge in [0.05, 0.1) is 11.4 Å². The summed E-state index contributed by atoms with van der Waals surface area (Å²) >= 11 is 3.33. The van der Waals surface area contributed by atoms with E-state index in [0.29, 0.717) is 17.5 Å². The molecule has 0 radical (unpaired) electrons. The van der Waals surface area contributed by atoms with Gasteiger partial charge in [0.1, 0.15) is 5.58 Å². The van der Waals surface area contributed by atoms with Crippen molar-refractivity contribution in [2.24, 2.45) is 0 Å². The van der Waals surface area contributed by atoms with Crippen LogP contribution < -0.4 is 10.7 Å². The normalized spacial score (nSPS) is 12.3. The Morgan fingerprint density at radius 2 is 1.85 bits per heavy atom. The van der Waals surface area contributed by atoms with Crippen LogP contribution in [0.4, 0.5) is 0 Å². The maximum Gasteiger partial charge on any atom is 0.287 e. The molecule has 1 amide bonds. The summed E-state index contributed by atoms with van der Waals surface area (Å²) in [5.74, 6) is -0.396. The number of nitrogens with one attached hydrogen (secondary N) is 1. The Balaban J connectivity index is 1.80. The van der Waals surface area contributed by atoms with Crippen molar-refractivity contribution < 1.29 is 9.21 Å². The number of carbonyl (C=O) groups excluding carboxylic acids is 1. The first-order valence-electron chi connectivity index (χ1n) is 8.60. The third-order valence-corrected chi connectivity index (χ3v) is 4.95. The zero-order valence-electron chi connectivity index (χ0n) is 15.5. The Hall–Kier alpha value is -2.44. The lowest BCUT2D eigenvalue weighted by Crippen LogP contribution is -2.34. The summed E-state index contributed by atoms with van der Waals surface area (Å²) in [7, 11) is 3.93. The van der Waals surface area contributed by atoms with Crippen LogP contribution in [0.5, 0.6) is 0 Å². The maximum absolute atomic E-state index is 12.5. The fourth-order valence-electron chi connectivity index (χ4n) is 2.90. The van der Waals surface area contributed by atoms with E-state index in [0.717, 1.165) is 10.0 Å². The SMILES string of the molecule is Cc1ccc([C@H](CNC(=O)c2cc(=O)c3cc(Br)ccc3o2)N(C)C)cc1. The van der Waals surface area contributed by atoms with Crippen molar-refractivity contribution in [1.29, 1.82) is 0 Å². The minimum absolute atomic E-state index is 0.0104. The van der Waals surface area contributed by atoms with Gasteiger partial charge in [-0.25, -0.2) is 0 Å². The maximum atomic E-state index is 12.5. The molecule has 0 spiro atoms. The molecular formula is C21H21BrN2O3. The predicted molar refractivity (Wildman–Crippen MR) is 110 cm³/mol. The van der Waals surface area contributed by atoms with Gasteiger partial charge in [-0.2, -0.15) is 0 Å². The molecule has 1 atom stereocenters. The van der Waals surface area contributed by atoms with Crippen molar-refractivity contribution in [3.63, 3.8) is 0 Å². The molecule has 6 heteroatoms. The van der Waals surface area contributed by atoms with Gasteiger partial charge in [0.2, 0.25) is 0 Å². The molecule has 5 nitrogen and oxygen atoms in total. The van der Waals surface area contributed by atoms with Gasteiger partial charge in [-0.1, -0.05) is 45.8 Å². The first kappa shape index (κ1) is 19.3. The van der Waals surface area contributed by atoms with E-state index in [4.69, 9.17) is 4.42 Å². The Labute approximate surface area is 166 Å². The standard InChI is InChI=1S/C21H21BrN2O3/c1-13-4-6-14(7-5-13)17(24(2)3)12-23-21(26)20-11-18(25)16-10-15(22)8-9-19(16)27-20/h4-11,17H,12H2,1-3H3,(H,23,26)/t17-/m0/s1. The molecule has 1 N–H and O–H groups in total. The van der Waals surface area contributed by atoms with Crippen LogP contribution in [0.1, 0.15) is 27.7 Å². The van der Waals surface area contributed by atoms with Crippen LogP contribution >= 0.6 is 15.9 Å². The van der Waals surface area contributed by atoms with Crippen LogP contribution in [0.2, 0.25) is 0 Å². The van der Waals surface area contributed by atoms with Gasteiger partial charge < -0.3 is 14.6 Å². The molecule has 3 rings (SSSR count). The number of benzene rings is 2. The van der Waals surface area contributed by atoms with Crippen molar-refractivity contribution in [3.05, 3.63) is 80.1 Å². The highest BCUT2D eigenvalue weighted by Crippen LogP contribution is 2.20. The number of nitrogens with zero attached hydrogens (tertiary/aromatic N) is 1. The van der Waals surface area contributed by atoms with E-state index in [1.165, 1.54) is 11.6 Å². The van der Waals surface area contributed by atoms with Crippen molar-refractivity contribution in [2.45, 2.75) is 13.0 Å². The molecule has 0 saturated heterocycles. The number of amides is 1.